The maximum atomic E-state index is 11.3. The highest BCUT2D eigenvalue weighted by Gasteiger charge is 2.14. The van der Waals surface area contributed by atoms with Gasteiger partial charge in [-0.2, -0.15) is 11.8 Å². The molecule has 0 aromatic carbocycles. The van der Waals surface area contributed by atoms with Crippen LogP contribution in [0.15, 0.2) is 0 Å². The smallest absolute Gasteiger partial charge is 0.314 e. The largest absolute Gasteiger partial charge is 0.338 e. The van der Waals surface area contributed by atoms with Crippen LogP contribution in [0, 0.1) is 0 Å². The van der Waals surface area contributed by atoms with Crippen molar-refractivity contribution >= 4 is 17.8 Å². The second kappa shape index (κ2) is 7.82. The van der Waals surface area contributed by atoms with E-state index in [1.54, 1.807) is 0 Å². The number of amides is 2. The summed E-state index contributed by atoms with van der Waals surface area (Å²) in [5, 5.41) is 6.29. The summed E-state index contributed by atoms with van der Waals surface area (Å²) >= 11 is 1.97. The van der Waals surface area contributed by atoms with Crippen molar-refractivity contribution in [1.29, 1.82) is 0 Å². The number of nitrogens with one attached hydrogen (secondary N) is 2. The van der Waals surface area contributed by atoms with Crippen LogP contribution >= 0.6 is 11.8 Å². The molecule has 1 atom stereocenters. The fourth-order valence-electron chi connectivity index (χ4n) is 1.54. The number of nitrogens with two attached hydrogens (primary N) is 1. The lowest BCUT2D eigenvalue weighted by Crippen LogP contribution is -2.40. The molecule has 1 heterocycles. The molecule has 1 aliphatic heterocycles. The van der Waals surface area contributed by atoms with E-state index in [0.717, 1.165) is 13.0 Å². The number of hydrogen-bond acceptors (Lipinski definition) is 3. The Morgan fingerprint density at radius 3 is 2.93 bits per heavy atom. The Kier molecular flexibility index (Phi) is 6.59. The third kappa shape index (κ3) is 5.89. The van der Waals surface area contributed by atoms with E-state index in [1.807, 2.05) is 11.8 Å². The van der Waals surface area contributed by atoms with E-state index < -0.39 is 0 Å². The van der Waals surface area contributed by atoms with Crippen molar-refractivity contribution < 1.29 is 4.79 Å². The number of hydrogen-bond donors (Lipinski definition) is 3. The number of thioether (sulfide) groups is 1. The molecular weight excluding hydrogens is 210 g/mol. The molecule has 1 unspecified atom stereocenters. The SMILES string of the molecule is NCCCNC(=O)NCC1CCCCS1. The van der Waals surface area contributed by atoms with Gasteiger partial charge >= 0.3 is 6.03 Å². The highest BCUT2D eigenvalue weighted by molar-refractivity contribution is 7.99. The Morgan fingerprint density at radius 1 is 1.40 bits per heavy atom. The summed E-state index contributed by atoms with van der Waals surface area (Å²) in [4.78, 5) is 11.3. The minimum absolute atomic E-state index is 0.0605. The van der Waals surface area contributed by atoms with Gasteiger partial charge in [0.05, 0.1) is 0 Å². The van der Waals surface area contributed by atoms with Crippen LogP contribution in [-0.2, 0) is 0 Å². The van der Waals surface area contributed by atoms with Crippen molar-refractivity contribution in [2.75, 3.05) is 25.4 Å². The Balaban J connectivity index is 2.00. The van der Waals surface area contributed by atoms with E-state index in [9.17, 15) is 4.79 Å². The normalized spacial score (nSPS) is 21.0. The van der Waals surface area contributed by atoms with Gasteiger partial charge in [-0.1, -0.05) is 6.42 Å². The van der Waals surface area contributed by atoms with Crippen molar-refractivity contribution in [3.05, 3.63) is 0 Å². The van der Waals surface area contributed by atoms with Gasteiger partial charge in [-0.15, -0.1) is 0 Å². The maximum Gasteiger partial charge on any atom is 0.314 e. The van der Waals surface area contributed by atoms with Crippen LogP contribution in [0.4, 0.5) is 4.79 Å². The molecule has 5 heteroatoms. The van der Waals surface area contributed by atoms with Crippen molar-refractivity contribution in [3.63, 3.8) is 0 Å². The third-order valence-corrected chi connectivity index (χ3v) is 3.83. The standard InChI is InChI=1S/C10H21N3OS/c11-5-3-6-12-10(14)13-8-9-4-1-2-7-15-9/h9H,1-8,11H2,(H2,12,13,14). The average Bonchev–Trinajstić information content (AvgIpc) is 2.28. The van der Waals surface area contributed by atoms with Crippen molar-refractivity contribution in [3.8, 4) is 0 Å². The topological polar surface area (TPSA) is 67.1 Å². The zero-order valence-corrected chi connectivity index (χ0v) is 9.94. The minimum Gasteiger partial charge on any atom is -0.338 e. The fourth-order valence-corrected chi connectivity index (χ4v) is 2.78. The molecule has 1 aliphatic rings. The number of urea groups is 1. The van der Waals surface area contributed by atoms with Gasteiger partial charge in [-0.3, -0.25) is 0 Å². The molecule has 1 rings (SSSR count). The van der Waals surface area contributed by atoms with Gasteiger partial charge in [0.25, 0.3) is 0 Å². The predicted molar refractivity (Wildman–Crippen MR) is 65.2 cm³/mol. The first-order chi connectivity index (χ1) is 7.33. The van der Waals surface area contributed by atoms with E-state index in [4.69, 9.17) is 5.73 Å². The highest BCUT2D eigenvalue weighted by atomic mass is 32.2. The summed E-state index contributed by atoms with van der Waals surface area (Å²) in [5.41, 5.74) is 5.33. The molecular formula is C10H21N3OS. The van der Waals surface area contributed by atoms with Crippen LogP contribution in [0.1, 0.15) is 25.7 Å². The van der Waals surface area contributed by atoms with Crippen LogP contribution in [0.5, 0.6) is 0 Å². The first-order valence-corrected chi connectivity index (χ1v) is 6.71. The first-order valence-electron chi connectivity index (χ1n) is 5.66. The minimum atomic E-state index is -0.0605. The number of carbonyl (C=O) groups excluding carboxylic acids is 1. The Bertz CT molecular complexity index is 184. The van der Waals surface area contributed by atoms with E-state index in [1.165, 1.54) is 25.0 Å². The van der Waals surface area contributed by atoms with Crippen molar-refractivity contribution in [2.24, 2.45) is 5.73 Å². The lowest BCUT2D eigenvalue weighted by molar-refractivity contribution is 0.240. The second-order valence-electron chi connectivity index (χ2n) is 3.77. The van der Waals surface area contributed by atoms with Crippen LogP contribution < -0.4 is 16.4 Å². The Morgan fingerprint density at radius 2 is 2.27 bits per heavy atom. The van der Waals surface area contributed by atoms with E-state index >= 15 is 0 Å². The quantitative estimate of drug-likeness (QED) is 0.616. The van der Waals surface area contributed by atoms with Crippen molar-refractivity contribution in [1.82, 2.24) is 10.6 Å². The summed E-state index contributed by atoms with van der Waals surface area (Å²) in [6.07, 6.45) is 4.69. The average molecular weight is 231 g/mol. The summed E-state index contributed by atoms with van der Waals surface area (Å²) < 4.78 is 0. The monoisotopic (exact) mass is 231 g/mol. The number of rotatable bonds is 5. The molecule has 2 amide bonds. The summed E-state index contributed by atoms with van der Waals surface area (Å²) in [6, 6.07) is -0.0605. The van der Waals surface area contributed by atoms with E-state index in [-0.39, 0.29) is 6.03 Å². The molecule has 15 heavy (non-hydrogen) atoms. The van der Waals surface area contributed by atoms with Gasteiger partial charge < -0.3 is 16.4 Å². The Labute approximate surface area is 95.7 Å². The van der Waals surface area contributed by atoms with Gasteiger partial charge in [0.2, 0.25) is 0 Å². The molecule has 0 spiro atoms. The first kappa shape index (κ1) is 12.6. The van der Waals surface area contributed by atoms with Crippen molar-refractivity contribution in [2.45, 2.75) is 30.9 Å². The van der Waals surface area contributed by atoms with E-state index in [2.05, 4.69) is 10.6 Å². The van der Waals surface area contributed by atoms with E-state index in [0.29, 0.717) is 18.3 Å². The zero-order chi connectivity index (χ0) is 10.9. The summed E-state index contributed by atoms with van der Waals surface area (Å²) in [6.45, 7) is 2.08. The molecule has 1 saturated heterocycles. The highest BCUT2D eigenvalue weighted by Crippen LogP contribution is 2.24. The molecule has 1 fully saturated rings. The fraction of sp³-hybridized carbons (Fsp3) is 0.900. The van der Waals surface area contributed by atoms with Crippen LogP contribution in [0.2, 0.25) is 0 Å². The Hall–Kier alpha value is -0.420. The van der Waals surface area contributed by atoms with Crippen LogP contribution in [0.3, 0.4) is 0 Å². The van der Waals surface area contributed by atoms with Gasteiger partial charge in [-0.25, -0.2) is 4.79 Å². The summed E-state index contributed by atoms with van der Waals surface area (Å²) in [5.74, 6) is 1.24. The molecule has 0 bridgehead atoms. The van der Waals surface area contributed by atoms with Crippen LogP contribution in [-0.4, -0.2) is 36.7 Å². The molecule has 0 radical (unpaired) electrons. The molecule has 88 valence electrons. The lowest BCUT2D eigenvalue weighted by atomic mass is 10.2. The van der Waals surface area contributed by atoms with Gasteiger partial charge in [-0.05, 0) is 31.6 Å². The molecule has 0 aromatic rings. The maximum absolute atomic E-state index is 11.3. The molecule has 0 saturated carbocycles. The molecule has 4 N–H and O–H groups in total. The molecule has 4 nitrogen and oxygen atoms in total. The third-order valence-electron chi connectivity index (χ3n) is 2.43. The lowest BCUT2D eigenvalue weighted by Gasteiger charge is -2.21. The predicted octanol–water partition coefficient (Wildman–Crippen LogP) is 0.920. The van der Waals surface area contributed by atoms with Gasteiger partial charge in [0, 0.05) is 18.3 Å². The second-order valence-corrected chi connectivity index (χ2v) is 5.18. The number of carbonyl (C=O) groups is 1. The van der Waals surface area contributed by atoms with Gasteiger partial charge in [0.15, 0.2) is 0 Å². The molecule has 0 aliphatic carbocycles. The summed E-state index contributed by atoms with van der Waals surface area (Å²) in [7, 11) is 0. The van der Waals surface area contributed by atoms with Gasteiger partial charge in [0.1, 0.15) is 0 Å². The zero-order valence-electron chi connectivity index (χ0n) is 9.13. The van der Waals surface area contributed by atoms with Crippen LogP contribution in [0.25, 0.3) is 0 Å². The molecule has 0 aromatic heterocycles.